The van der Waals surface area contributed by atoms with Crippen LogP contribution in [0.5, 0.6) is 17.2 Å². The van der Waals surface area contributed by atoms with E-state index < -0.39 is 0 Å². The molecule has 0 aliphatic rings. The minimum Gasteiger partial charge on any atom is -0.493 e. The van der Waals surface area contributed by atoms with Gasteiger partial charge in [-0.1, -0.05) is 18.2 Å². The van der Waals surface area contributed by atoms with Crippen molar-refractivity contribution in [1.82, 2.24) is 4.90 Å². The van der Waals surface area contributed by atoms with E-state index in [1.165, 1.54) is 27.4 Å². The van der Waals surface area contributed by atoms with Crippen LogP contribution in [0.2, 0.25) is 0 Å². The topological polar surface area (TPSA) is 60.0 Å². The Morgan fingerprint density at radius 2 is 1.69 bits per heavy atom. The number of methoxy groups -OCH3 is 3. The zero-order chi connectivity index (χ0) is 19.1. The third-order valence-electron chi connectivity index (χ3n) is 3.76. The molecule has 0 aliphatic heterocycles. The van der Waals surface area contributed by atoms with Crippen LogP contribution >= 0.6 is 0 Å². The molecular formula is C19H23FN2O4. The van der Waals surface area contributed by atoms with Gasteiger partial charge in [-0.3, -0.25) is 9.69 Å². The molecule has 2 rings (SSSR count). The second-order valence-electron chi connectivity index (χ2n) is 5.73. The molecule has 0 radical (unpaired) electrons. The Bertz CT molecular complexity index is 742. The first-order valence-electron chi connectivity index (χ1n) is 8.00. The number of ether oxygens (including phenoxy) is 3. The minimum atomic E-state index is -0.288. The van der Waals surface area contributed by atoms with Gasteiger partial charge in [0.15, 0.2) is 11.5 Å². The molecule has 140 valence electrons. The van der Waals surface area contributed by atoms with E-state index in [4.69, 9.17) is 14.2 Å². The highest BCUT2D eigenvalue weighted by Crippen LogP contribution is 2.39. The van der Waals surface area contributed by atoms with Crippen LogP contribution in [0.1, 0.15) is 5.56 Å². The molecule has 0 saturated heterocycles. The number of rotatable bonds is 8. The molecule has 0 unspecified atom stereocenters. The standard InChI is InChI=1S/C19H23FN2O4/c1-22(11-13-7-5-6-8-15(13)20)12-18(23)21-14-9-16(24-2)19(26-4)17(10-14)25-3/h5-10H,11-12H2,1-4H3,(H,21,23). The number of benzene rings is 2. The first-order valence-corrected chi connectivity index (χ1v) is 8.00. The van der Waals surface area contributed by atoms with Crippen LogP contribution in [-0.4, -0.2) is 45.7 Å². The van der Waals surface area contributed by atoms with E-state index in [9.17, 15) is 9.18 Å². The highest BCUT2D eigenvalue weighted by Gasteiger charge is 2.15. The van der Waals surface area contributed by atoms with Gasteiger partial charge in [0, 0.05) is 29.9 Å². The third kappa shape index (κ3) is 4.86. The molecule has 0 fully saturated rings. The summed E-state index contributed by atoms with van der Waals surface area (Å²) in [6.07, 6.45) is 0. The van der Waals surface area contributed by atoms with Gasteiger partial charge in [-0.25, -0.2) is 4.39 Å². The Balaban J connectivity index is 2.04. The molecule has 0 spiro atoms. The molecule has 1 amide bonds. The van der Waals surface area contributed by atoms with E-state index in [0.717, 1.165) is 0 Å². The molecule has 6 nitrogen and oxygen atoms in total. The fraction of sp³-hybridized carbons (Fsp3) is 0.316. The SMILES string of the molecule is COc1cc(NC(=O)CN(C)Cc2ccccc2F)cc(OC)c1OC. The summed E-state index contributed by atoms with van der Waals surface area (Å²) in [5.41, 5.74) is 1.05. The number of hydrogen-bond donors (Lipinski definition) is 1. The summed E-state index contributed by atoms with van der Waals surface area (Å²) in [6, 6.07) is 9.80. The van der Waals surface area contributed by atoms with Gasteiger partial charge in [0.2, 0.25) is 11.7 Å². The van der Waals surface area contributed by atoms with E-state index in [1.807, 2.05) is 0 Å². The number of likely N-dealkylation sites (N-methyl/N-ethyl adjacent to an activating group) is 1. The summed E-state index contributed by atoms with van der Waals surface area (Å²) in [5.74, 6) is 0.816. The van der Waals surface area contributed by atoms with E-state index in [1.54, 1.807) is 42.3 Å². The number of hydrogen-bond acceptors (Lipinski definition) is 5. The molecule has 0 heterocycles. The quantitative estimate of drug-likeness (QED) is 0.782. The van der Waals surface area contributed by atoms with Gasteiger partial charge < -0.3 is 19.5 Å². The second kappa shape index (κ2) is 9.05. The number of nitrogens with zero attached hydrogens (tertiary/aromatic N) is 1. The molecule has 2 aromatic carbocycles. The van der Waals surface area contributed by atoms with Crippen LogP contribution in [0.3, 0.4) is 0 Å². The van der Waals surface area contributed by atoms with Crippen LogP contribution in [0, 0.1) is 5.82 Å². The van der Waals surface area contributed by atoms with Gasteiger partial charge in [0.25, 0.3) is 0 Å². The van der Waals surface area contributed by atoms with Gasteiger partial charge in [-0.05, 0) is 13.1 Å². The second-order valence-corrected chi connectivity index (χ2v) is 5.73. The van der Waals surface area contributed by atoms with Crippen LogP contribution < -0.4 is 19.5 Å². The Morgan fingerprint density at radius 1 is 1.08 bits per heavy atom. The fourth-order valence-corrected chi connectivity index (χ4v) is 2.57. The van der Waals surface area contributed by atoms with Gasteiger partial charge in [-0.2, -0.15) is 0 Å². The number of carbonyl (C=O) groups is 1. The molecule has 0 aliphatic carbocycles. The minimum absolute atomic E-state index is 0.102. The zero-order valence-electron chi connectivity index (χ0n) is 15.3. The van der Waals surface area contributed by atoms with Crippen molar-refractivity contribution in [2.45, 2.75) is 6.54 Å². The maximum Gasteiger partial charge on any atom is 0.238 e. The number of amides is 1. The number of anilines is 1. The van der Waals surface area contributed by atoms with Crippen molar-refractivity contribution < 1.29 is 23.4 Å². The summed E-state index contributed by atoms with van der Waals surface area (Å²) >= 11 is 0. The van der Waals surface area contributed by atoms with Crippen LogP contribution in [0.15, 0.2) is 36.4 Å². The lowest BCUT2D eigenvalue weighted by Crippen LogP contribution is -2.30. The lowest BCUT2D eigenvalue weighted by atomic mass is 10.2. The van der Waals surface area contributed by atoms with E-state index >= 15 is 0 Å². The Hall–Kier alpha value is -2.80. The number of carbonyl (C=O) groups excluding carboxylic acids is 1. The monoisotopic (exact) mass is 362 g/mol. The average Bonchev–Trinajstić information content (AvgIpc) is 2.62. The Kier molecular flexibility index (Phi) is 6.80. The summed E-state index contributed by atoms with van der Waals surface area (Å²) in [5, 5.41) is 2.78. The predicted octanol–water partition coefficient (Wildman–Crippen LogP) is 2.92. The van der Waals surface area contributed by atoms with Crippen molar-refractivity contribution in [2.24, 2.45) is 0 Å². The highest BCUT2D eigenvalue weighted by atomic mass is 19.1. The normalized spacial score (nSPS) is 10.5. The van der Waals surface area contributed by atoms with E-state index in [2.05, 4.69) is 5.32 Å². The van der Waals surface area contributed by atoms with Crippen LogP contribution in [-0.2, 0) is 11.3 Å². The van der Waals surface area contributed by atoms with Crippen molar-refractivity contribution in [1.29, 1.82) is 0 Å². The molecule has 26 heavy (non-hydrogen) atoms. The van der Waals surface area contributed by atoms with Crippen LogP contribution in [0.25, 0.3) is 0 Å². The lowest BCUT2D eigenvalue weighted by molar-refractivity contribution is -0.117. The maximum absolute atomic E-state index is 13.7. The van der Waals surface area contributed by atoms with Gasteiger partial charge in [-0.15, -0.1) is 0 Å². The van der Waals surface area contributed by atoms with Crippen molar-refractivity contribution in [3.05, 3.63) is 47.8 Å². The number of nitrogens with one attached hydrogen (secondary N) is 1. The van der Waals surface area contributed by atoms with Gasteiger partial charge >= 0.3 is 0 Å². The lowest BCUT2D eigenvalue weighted by Gasteiger charge is -2.18. The summed E-state index contributed by atoms with van der Waals surface area (Å²) in [4.78, 5) is 14.0. The first kappa shape index (κ1) is 19.5. The van der Waals surface area contributed by atoms with Gasteiger partial charge in [0.1, 0.15) is 5.82 Å². The summed E-state index contributed by atoms with van der Waals surface area (Å²) in [7, 11) is 6.27. The van der Waals surface area contributed by atoms with Crippen molar-refractivity contribution in [2.75, 3.05) is 40.2 Å². The van der Waals surface area contributed by atoms with Gasteiger partial charge in [0.05, 0.1) is 27.9 Å². The summed E-state index contributed by atoms with van der Waals surface area (Å²) in [6.45, 7) is 0.431. The molecule has 0 saturated carbocycles. The first-order chi connectivity index (χ1) is 12.5. The fourth-order valence-electron chi connectivity index (χ4n) is 2.57. The van der Waals surface area contributed by atoms with Crippen molar-refractivity contribution in [3.63, 3.8) is 0 Å². The van der Waals surface area contributed by atoms with Crippen LogP contribution in [0.4, 0.5) is 10.1 Å². The van der Waals surface area contributed by atoms with E-state index in [0.29, 0.717) is 35.0 Å². The zero-order valence-corrected chi connectivity index (χ0v) is 15.3. The molecule has 7 heteroatoms. The Morgan fingerprint density at radius 3 is 2.23 bits per heavy atom. The molecule has 1 N–H and O–H groups in total. The van der Waals surface area contributed by atoms with Crippen molar-refractivity contribution in [3.8, 4) is 17.2 Å². The molecule has 0 aromatic heterocycles. The highest BCUT2D eigenvalue weighted by molar-refractivity contribution is 5.93. The molecule has 2 aromatic rings. The average molecular weight is 362 g/mol. The molecule has 0 bridgehead atoms. The maximum atomic E-state index is 13.7. The predicted molar refractivity (Wildman–Crippen MR) is 97.5 cm³/mol. The van der Waals surface area contributed by atoms with Crippen molar-refractivity contribution >= 4 is 11.6 Å². The number of halogens is 1. The third-order valence-corrected chi connectivity index (χ3v) is 3.76. The molecule has 0 atom stereocenters. The largest absolute Gasteiger partial charge is 0.493 e. The summed E-state index contributed by atoms with van der Waals surface area (Å²) < 4.78 is 29.5. The smallest absolute Gasteiger partial charge is 0.238 e. The molecular weight excluding hydrogens is 339 g/mol. The van der Waals surface area contributed by atoms with E-state index in [-0.39, 0.29) is 18.3 Å². The Labute approximate surface area is 152 Å².